The van der Waals surface area contributed by atoms with Crippen molar-refractivity contribution in [3.63, 3.8) is 0 Å². The van der Waals surface area contributed by atoms with Crippen LogP contribution in [0.25, 0.3) is 11.2 Å². The predicted molar refractivity (Wildman–Crippen MR) is 61.2 cm³/mol. The monoisotopic (exact) mass is 375 g/mol. The molecule has 3 rings (SSSR count). The van der Waals surface area contributed by atoms with Gasteiger partial charge in [-0.25, -0.2) is 9.97 Å². The Labute approximate surface area is 127 Å². The molecule has 4 N–H and O–H groups in total. The molecule has 0 spiro atoms. The molecule has 0 aliphatic carbocycles. The van der Waals surface area contributed by atoms with Gasteiger partial charge in [0.2, 0.25) is 0 Å². The number of H-pyrrole nitrogens is 1. The zero-order valence-electron chi connectivity index (χ0n) is 9.97. The number of ether oxygens (including phenoxy) is 1. The number of imidazole rings is 1. The summed E-state index contributed by atoms with van der Waals surface area (Å²) >= 11 is 0. The van der Waals surface area contributed by atoms with Gasteiger partial charge in [0.1, 0.15) is 18.3 Å². The quantitative estimate of drug-likeness (QED) is 0.435. The third-order valence-electron chi connectivity index (χ3n) is 3.16. The standard InChI is InChI=1S/C10H12N4O5.Ag/c15-1-4-6(16)7(17)10(19-4)14-3-13-5-8(14)11-2-12-9(5)18;/h2-4,6-7,10,15-17H,1H2,(H,11,12,18);/q;+1. The van der Waals surface area contributed by atoms with Crippen LogP contribution in [0.5, 0.6) is 0 Å². The molecule has 2 aromatic rings. The molecule has 9 nitrogen and oxygen atoms in total. The fraction of sp³-hybridized carbons (Fsp3) is 0.500. The number of aromatic amines is 1. The summed E-state index contributed by atoms with van der Waals surface area (Å²) in [5.41, 5.74) is -0.0608. The van der Waals surface area contributed by atoms with Gasteiger partial charge >= 0.3 is 22.4 Å². The van der Waals surface area contributed by atoms with Crippen LogP contribution in [-0.4, -0.2) is 59.8 Å². The number of rotatable bonds is 2. The van der Waals surface area contributed by atoms with Crippen molar-refractivity contribution in [2.45, 2.75) is 24.5 Å². The van der Waals surface area contributed by atoms with Gasteiger partial charge in [-0.2, -0.15) is 0 Å². The maximum absolute atomic E-state index is 11.5. The molecule has 0 radical (unpaired) electrons. The van der Waals surface area contributed by atoms with Gasteiger partial charge in [0, 0.05) is 0 Å². The first-order valence-electron chi connectivity index (χ1n) is 5.66. The van der Waals surface area contributed by atoms with Gasteiger partial charge in [-0.3, -0.25) is 9.36 Å². The van der Waals surface area contributed by atoms with Crippen LogP contribution in [0.4, 0.5) is 0 Å². The second kappa shape index (κ2) is 5.74. The first-order chi connectivity index (χ1) is 9.13. The van der Waals surface area contributed by atoms with E-state index in [2.05, 4.69) is 15.0 Å². The van der Waals surface area contributed by atoms with E-state index in [1.807, 2.05) is 0 Å². The van der Waals surface area contributed by atoms with Gasteiger partial charge in [-0.1, -0.05) is 0 Å². The van der Waals surface area contributed by atoms with E-state index in [9.17, 15) is 15.0 Å². The molecule has 2 aromatic heterocycles. The van der Waals surface area contributed by atoms with Crippen molar-refractivity contribution in [1.29, 1.82) is 0 Å². The van der Waals surface area contributed by atoms with Crippen molar-refractivity contribution >= 4 is 11.2 Å². The number of aliphatic hydroxyl groups is 3. The van der Waals surface area contributed by atoms with Gasteiger partial charge < -0.3 is 25.0 Å². The van der Waals surface area contributed by atoms with Crippen LogP contribution in [-0.2, 0) is 27.1 Å². The number of fused-ring (bicyclic) bond motifs is 1. The molecule has 3 heterocycles. The molecule has 112 valence electrons. The molecule has 1 saturated heterocycles. The Balaban J connectivity index is 0.00000147. The van der Waals surface area contributed by atoms with Crippen LogP contribution < -0.4 is 5.56 Å². The Kier molecular flexibility index (Phi) is 4.40. The van der Waals surface area contributed by atoms with Gasteiger partial charge in [0.15, 0.2) is 17.4 Å². The van der Waals surface area contributed by atoms with Crippen LogP contribution in [0, 0.1) is 0 Å². The summed E-state index contributed by atoms with van der Waals surface area (Å²) in [6, 6.07) is 0. The molecule has 20 heavy (non-hydrogen) atoms. The Morgan fingerprint density at radius 2 is 2.10 bits per heavy atom. The molecule has 4 atom stereocenters. The van der Waals surface area contributed by atoms with Crippen molar-refractivity contribution in [1.82, 2.24) is 19.5 Å². The van der Waals surface area contributed by atoms with Crippen molar-refractivity contribution in [3.8, 4) is 0 Å². The van der Waals surface area contributed by atoms with Crippen LogP contribution >= 0.6 is 0 Å². The number of aliphatic hydroxyl groups excluding tert-OH is 3. The number of nitrogens with one attached hydrogen (secondary N) is 1. The van der Waals surface area contributed by atoms with Crippen molar-refractivity contribution in [2.24, 2.45) is 0 Å². The maximum atomic E-state index is 11.5. The third kappa shape index (κ3) is 2.23. The summed E-state index contributed by atoms with van der Waals surface area (Å²) in [6.07, 6.45) is -1.78. The largest absolute Gasteiger partial charge is 1.00 e. The van der Waals surface area contributed by atoms with E-state index in [-0.39, 0.29) is 33.5 Å². The van der Waals surface area contributed by atoms with Crippen molar-refractivity contribution in [3.05, 3.63) is 23.0 Å². The number of hydrogen-bond donors (Lipinski definition) is 4. The zero-order chi connectivity index (χ0) is 13.6. The van der Waals surface area contributed by atoms with E-state index in [0.717, 1.165) is 0 Å². The fourth-order valence-corrected chi connectivity index (χ4v) is 2.16. The van der Waals surface area contributed by atoms with Crippen LogP contribution in [0.15, 0.2) is 17.4 Å². The molecule has 10 heteroatoms. The molecule has 4 unspecified atom stereocenters. The predicted octanol–water partition coefficient (Wildman–Crippen LogP) is -2.27. The van der Waals surface area contributed by atoms with Crippen LogP contribution in [0.1, 0.15) is 6.23 Å². The summed E-state index contributed by atoms with van der Waals surface area (Å²) in [5, 5.41) is 28.6. The molecule has 0 bridgehead atoms. The maximum Gasteiger partial charge on any atom is 1.00 e. The zero-order valence-corrected chi connectivity index (χ0v) is 11.5. The fourth-order valence-electron chi connectivity index (χ4n) is 2.16. The summed E-state index contributed by atoms with van der Waals surface area (Å²) in [6.45, 7) is -0.421. The minimum absolute atomic E-state index is 0. The molecule has 1 aliphatic rings. The van der Waals surface area contributed by atoms with Gasteiger partial charge in [-0.15, -0.1) is 0 Å². The van der Waals surface area contributed by atoms with E-state index in [0.29, 0.717) is 0 Å². The Morgan fingerprint density at radius 1 is 1.35 bits per heavy atom. The molecule has 0 amide bonds. The second-order valence-corrected chi connectivity index (χ2v) is 4.28. The molecular formula is C10H12AgN4O5+. The second-order valence-electron chi connectivity index (χ2n) is 4.28. The van der Waals surface area contributed by atoms with Gasteiger partial charge in [0.25, 0.3) is 5.56 Å². The molecular weight excluding hydrogens is 364 g/mol. The molecule has 0 aromatic carbocycles. The molecule has 1 aliphatic heterocycles. The first-order valence-corrected chi connectivity index (χ1v) is 5.66. The summed E-state index contributed by atoms with van der Waals surface area (Å²) in [4.78, 5) is 21.8. The van der Waals surface area contributed by atoms with E-state index in [1.54, 1.807) is 0 Å². The Morgan fingerprint density at radius 3 is 2.75 bits per heavy atom. The number of hydrogen-bond acceptors (Lipinski definition) is 7. The van der Waals surface area contributed by atoms with E-state index in [1.165, 1.54) is 17.2 Å². The third-order valence-corrected chi connectivity index (χ3v) is 3.16. The van der Waals surface area contributed by atoms with E-state index in [4.69, 9.17) is 9.84 Å². The van der Waals surface area contributed by atoms with Crippen molar-refractivity contribution in [2.75, 3.05) is 6.61 Å². The average Bonchev–Trinajstić information content (AvgIpc) is 2.94. The Hall–Kier alpha value is -1.07. The topological polar surface area (TPSA) is 133 Å². The van der Waals surface area contributed by atoms with Crippen LogP contribution in [0.3, 0.4) is 0 Å². The van der Waals surface area contributed by atoms with Gasteiger partial charge in [0.05, 0.1) is 19.3 Å². The minimum Gasteiger partial charge on any atom is -0.394 e. The summed E-state index contributed by atoms with van der Waals surface area (Å²) in [5.74, 6) is 0. The van der Waals surface area contributed by atoms with E-state index < -0.39 is 36.7 Å². The average molecular weight is 376 g/mol. The van der Waals surface area contributed by atoms with Crippen LogP contribution in [0.2, 0.25) is 0 Å². The number of nitrogens with zero attached hydrogens (tertiary/aromatic N) is 3. The van der Waals surface area contributed by atoms with E-state index >= 15 is 0 Å². The smallest absolute Gasteiger partial charge is 0.394 e. The SMILES string of the molecule is O=c1[nH]cnc2c1ncn2C1OC(CO)C(O)C1O.[Ag+]. The van der Waals surface area contributed by atoms with Crippen molar-refractivity contribution < 1.29 is 42.4 Å². The number of aromatic nitrogens is 4. The summed E-state index contributed by atoms with van der Waals surface area (Å²) in [7, 11) is 0. The first kappa shape index (κ1) is 15.3. The Bertz CT molecular complexity index is 658. The molecule has 1 fully saturated rings. The minimum atomic E-state index is -1.24. The normalized spacial score (nSPS) is 29.6. The van der Waals surface area contributed by atoms with Gasteiger partial charge in [-0.05, 0) is 0 Å². The summed E-state index contributed by atoms with van der Waals surface area (Å²) < 4.78 is 6.70. The molecule has 0 saturated carbocycles.